The number of benzene rings is 1. The number of hydrogen-bond donors (Lipinski definition) is 0. The minimum absolute atomic E-state index is 0.514. The van der Waals surface area contributed by atoms with E-state index in [0.29, 0.717) is 11.3 Å². The number of nitrogens with zero attached hydrogens (tertiary/aromatic N) is 1. The maximum atomic E-state index is 12.6. The van der Waals surface area contributed by atoms with Gasteiger partial charge in [-0.05, 0) is 36.8 Å². The topological polar surface area (TPSA) is 12.9 Å². The molecule has 17 heavy (non-hydrogen) atoms. The highest BCUT2D eigenvalue weighted by Crippen LogP contribution is 2.33. The molecule has 1 nitrogen and oxygen atoms in total. The Kier molecular flexibility index (Phi) is 2.88. The van der Waals surface area contributed by atoms with Crippen molar-refractivity contribution in [3.8, 4) is 11.3 Å². The number of halogens is 3. The zero-order valence-corrected chi connectivity index (χ0v) is 9.12. The van der Waals surface area contributed by atoms with Gasteiger partial charge in [-0.25, -0.2) is 0 Å². The van der Waals surface area contributed by atoms with Crippen LogP contribution in [0.4, 0.5) is 13.2 Å². The van der Waals surface area contributed by atoms with Crippen LogP contribution in [0.15, 0.2) is 42.6 Å². The van der Waals surface area contributed by atoms with Gasteiger partial charge in [-0.15, -0.1) is 0 Å². The van der Waals surface area contributed by atoms with Crippen LogP contribution in [0, 0.1) is 6.92 Å². The largest absolute Gasteiger partial charge is 0.416 e. The second-order valence-electron chi connectivity index (χ2n) is 3.74. The van der Waals surface area contributed by atoms with Crippen LogP contribution in [0.1, 0.15) is 11.1 Å². The zero-order chi connectivity index (χ0) is 12.5. The Hall–Kier alpha value is -1.84. The van der Waals surface area contributed by atoms with E-state index in [1.54, 1.807) is 31.3 Å². The summed E-state index contributed by atoms with van der Waals surface area (Å²) in [6.07, 6.45) is -2.76. The number of aromatic nitrogens is 1. The smallest absolute Gasteiger partial charge is 0.256 e. The van der Waals surface area contributed by atoms with Gasteiger partial charge in [0.25, 0.3) is 0 Å². The van der Waals surface area contributed by atoms with E-state index in [9.17, 15) is 13.2 Å². The van der Waals surface area contributed by atoms with Gasteiger partial charge in [0, 0.05) is 11.8 Å². The molecule has 0 aliphatic heterocycles. The van der Waals surface area contributed by atoms with Crippen molar-refractivity contribution in [3.63, 3.8) is 0 Å². The molecule has 0 aliphatic rings. The van der Waals surface area contributed by atoms with Crippen LogP contribution in [0.25, 0.3) is 11.3 Å². The lowest BCUT2D eigenvalue weighted by Crippen LogP contribution is -2.05. The Morgan fingerprint density at radius 2 is 1.82 bits per heavy atom. The number of pyridine rings is 1. The first-order valence-corrected chi connectivity index (χ1v) is 5.08. The van der Waals surface area contributed by atoms with Crippen molar-refractivity contribution in [3.05, 3.63) is 53.7 Å². The summed E-state index contributed by atoms with van der Waals surface area (Å²) in [5.74, 6) is 0. The molecule has 1 aromatic heterocycles. The summed E-state index contributed by atoms with van der Waals surface area (Å²) in [4.78, 5) is 4.07. The van der Waals surface area contributed by atoms with Crippen LogP contribution in [0.2, 0.25) is 0 Å². The van der Waals surface area contributed by atoms with Gasteiger partial charge in [-0.3, -0.25) is 4.98 Å². The molecule has 2 aromatic rings. The second kappa shape index (κ2) is 4.20. The summed E-state index contributed by atoms with van der Waals surface area (Å²) < 4.78 is 37.8. The van der Waals surface area contributed by atoms with Crippen LogP contribution in [0.3, 0.4) is 0 Å². The van der Waals surface area contributed by atoms with Gasteiger partial charge >= 0.3 is 6.18 Å². The Morgan fingerprint density at radius 3 is 2.41 bits per heavy atom. The number of alkyl halides is 3. The lowest BCUT2D eigenvalue weighted by molar-refractivity contribution is -0.137. The van der Waals surface area contributed by atoms with E-state index in [2.05, 4.69) is 4.98 Å². The molecule has 0 saturated heterocycles. The lowest BCUT2D eigenvalue weighted by Gasteiger charge is -2.10. The highest BCUT2D eigenvalue weighted by molar-refractivity contribution is 5.64. The summed E-state index contributed by atoms with van der Waals surface area (Å²) in [5, 5.41) is 0. The lowest BCUT2D eigenvalue weighted by atomic mass is 10.0. The van der Waals surface area contributed by atoms with Crippen molar-refractivity contribution < 1.29 is 13.2 Å². The predicted molar refractivity (Wildman–Crippen MR) is 59.4 cm³/mol. The third-order valence-electron chi connectivity index (χ3n) is 2.51. The van der Waals surface area contributed by atoms with Gasteiger partial charge in [0.1, 0.15) is 0 Å². The van der Waals surface area contributed by atoms with E-state index < -0.39 is 11.7 Å². The molecule has 0 radical (unpaired) electrons. The molecule has 1 heterocycles. The summed E-state index contributed by atoms with van der Waals surface area (Å²) in [5.41, 5.74) is 1.19. The summed E-state index contributed by atoms with van der Waals surface area (Å²) in [6.45, 7) is 1.77. The maximum Gasteiger partial charge on any atom is 0.416 e. The Bertz CT molecular complexity index is 518. The van der Waals surface area contributed by atoms with Gasteiger partial charge in [0.2, 0.25) is 0 Å². The third kappa shape index (κ3) is 2.46. The van der Waals surface area contributed by atoms with Crippen molar-refractivity contribution in [1.82, 2.24) is 4.98 Å². The van der Waals surface area contributed by atoms with Crippen LogP contribution in [-0.4, -0.2) is 4.98 Å². The fourth-order valence-electron chi connectivity index (χ4n) is 1.60. The third-order valence-corrected chi connectivity index (χ3v) is 2.51. The fraction of sp³-hybridized carbons (Fsp3) is 0.154. The normalized spacial score (nSPS) is 11.5. The molecule has 0 fully saturated rings. The van der Waals surface area contributed by atoms with Crippen molar-refractivity contribution >= 4 is 0 Å². The SMILES string of the molecule is Cc1ccc(C(F)(F)F)cc1-c1ccccn1. The predicted octanol–water partition coefficient (Wildman–Crippen LogP) is 4.08. The van der Waals surface area contributed by atoms with Crippen molar-refractivity contribution in [1.29, 1.82) is 0 Å². The molecule has 4 heteroatoms. The minimum atomic E-state index is -4.32. The van der Waals surface area contributed by atoms with Gasteiger partial charge in [0.05, 0.1) is 11.3 Å². The first kappa shape index (κ1) is 11.6. The first-order chi connectivity index (χ1) is 7.98. The molecule has 0 atom stereocenters. The monoisotopic (exact) mass is 237 g/mol. The summed E-state index contributed by atoms with van der Waals surface area (Å²) >= 11 is 0. The fourth-order valence-corrected chi connectivity index (χ4v) is 1.60. The molecule has 0 aliphatic carbocycles. The van der Waals surface area contributed by atoms with Crippen LogP contribution >= 0.6 is 0 Å². The number of aryl methyl sites for hydroxylation is 1. The maximum absolute atomic E-state index is 12.6. The molecule has 0 unspecified atom stereocenters. The Balaban J connectivity index is 2.55. The minimum Gasteiger partial charge on any atom is -0.256 e. The van der Waals surface area contributed by atoms with Gasteiger partial charge in [-0.1, -0.05) is 12.1 Å². The highest BCUT2D eigenvalue weighted by atomic mass is 19.4. The van der Waals surface area contributed by atoms with E-state index >= 15 is 0 Å². The highest BCUT2D eigenvalue weighted by Gasteiger charge is 2.30. The van der Waals surface area contributed by atoms with E-state index in [1.165, 1.54) is 6.07 Å². The molecular formula is C13H10F3N. The molecule has 0 N–H and O–H groups in total. The van der Waals surface area contributed by atoms with Crippen molar-refractivity contribution in [2.45, 2.75) is 13.1 Å². The van der Waals surface area contributed by atoms with Crippen LogP contribution < -0.4 is 0 Å². The van der Waals surface area contributed by atoms with Crippen LogP contribution in [-0.2, 0) is 6.18 Å². The summed E-state index contributed by atoms with van der Waals surface area (Å²) in [6, 6.07) is 8.86. The number of rotatable bonds is 1. The van der Waals surface area contributed by atoms with Gasteiger partial charge < -0.3 is 0 Å². The standard InChI is InChI=1S/C13H10F3N/c1-9-5-6-10(13(14,15)16)8-11(9)12-4-2-3-7-17-12/h2-8H,1H3. The second-order valence-corrected chi connectivity index (χ2v) is 3.74. The molecule has 1 aromatic carbocycles. The van der Waals surface area contributed by atoms with Crippen molar-refractivity contribution in [2.24, 2.45) is 0 Å². The first-order valence-electron chi connectivity index (χ1n) is 5.08. The summed E-state index contributed by atoms with van der Waals surface area (Å²) in [7, 11) is 0. The van der Waals surface area contributed by atoms with E-state index in [0.717, 1.165) is 17.7 Å². The average Bonchev–Trinajstić information content (AvgIpc) is 2.29. The Labute approximate surface area is 96.9 Å². The molecule has 0 saturated carbocycles. The van der Waals surface area contributed by atoms with Crippen molar-refractivity contribution in [2.75, 3.05) is 0 Å². The van der Waals surface area contributed by atoms with E-state index in [1.807, 2.05) is 0 Å². The molecule has 2 rings (SSSR count). The van der Waals surface area contributed by atoms with Gasteiger partial charge in [-0.2, -0.15) is 13.2 Å². The van der Waals surface area contributed by atoms with E-state index in [-0.39, 0.29) is 0 Å². The van der Waals surface area contributed by atoms with Gasteiger partial charge in [0.15, 0.2) is 0 Å². The van der Waals surface area contributed by atoms with E-state index in [4.69, 9.17) is 0 Å². The quantitative estimate of drug-likeness (QED) is 0.728. The Morgan fingerprint density at radius 1 is 1.06 bits per heavy atom. The molecule has 0 bridgehead atoms. The number of hydrogen-bond acceptors (Lipinski definition) is 1. The molecule has 0 spiro atoms. The average molecular weight is 237 g/mol. The molecule has 88 valence electrons. The molecule has 0 amide bonds. The molecular weight excluding hydrogens is 227 g/mol. The van der Waals surface area contributed by atoms with Crippen LogP contribution in [0.5, 0.6) is 0 Å². The zero-order valence-electron chi connectivity index (χ0n) is 9.12.